The van der Waals surface area contributed by atoms with E-state index in [4.69, 9.17) is 25.8 Å². The van der Waals surface area contributed by atoms with Gasteiger partial charge in [0.25, 0.3) is 5.91 Å². The highest BCUT2D eigenvalue weighted by Crippen LogP contribution is 2.34. The molecule has 1 N–H and O–H groups in total. The Balaban J connectivity index is 1.65. The maximum atomic E-state index is 12.7. The van der Waals surface area contributed by atoms with Gasteiger partial charge in [0.05, 0.1) is 53.1 Å². The standard InChI is InChI=1S/C21H25ClN2O4/c1-26-18-13-20(28-3)19(27-2)12-16(18)14-23-7-9-24(10-8-23)21(25)15-5-4-6-17(22)11-15/h4-6,11-13H,7-10,14H2,1-3H3/p+1. The summed E-state index contributed by atoms with van der Waals surface area (Å²) in [4.78, 5) is 16.0. The Kier molecular flexibility index (Phi) is 6.65. The number of benzene rings is 2. The molecule has 7 heteroatoms. The largest absolute Gasteiger partial charge is 0.496 e. The minimum atomic E-state index is 0.0326. The average molecular weight is 406 g/mol. The molecule has 0 bridgehead atoms. The molecular weight excluding hydrogens is 380 g/mol. The minimum absolute atomic E-state index is 0.0326. The van der Waals surface area contributed by atoms with Gasteiger partial charge in [0.2, 0.25) is 0 Å². The van der Waals surface area contributed by atoms with Gasteiger partial charge in [-0.1, -0.05) is 17.7 Å². The molecule has 0 radical (unpaired) electrons. The molecule has 0 unspecified atom stereocenters. The van der Waals surface area contributed by atoms with E-state index in [1.165, 1.54) is 4.90 Å². The van der Waals surface area contributed by atoms with Crippen molar-refractivity contribution in [3.63, 3.8) is 0 Å². The van der Waals surface area contributed by atoms with Crippen molar-refractivity contribution < 1.29 is 23.9 Å². The maximum Gasteiger partial charge on any atom is 0.254 e. The summed E-state index contributed by atoms with van der Waals surface area (Å²) < 4.78 is 16.3. The van der Waals surface area contributed by atoms with Crippen LogP contribution in [0, 0.1) is 0 Å². The number of piperazine rings is 1. The SMILES string of the molecule is COc1cc(OC)c(OC)cc1C[NH+]1CCN(C(=O)c2cccc(Cl)c2)CC1. The predicted octanol–water partition coefficient (Wildman–Crippen LogP) is 1.91. The molecular formula is C21H26ClN2O4+. The summed E-state index contributed by atoms with van der Waals surface area (Å²) >= 11 is 6.01. The van der Waals surface area contributed by atoms with E-state index in [0.29, 0.717) is 35.2 Å². The number of carbonyl (C=O) groups is 1. The molecule has 1 fully saturated rings. The summed E-state index contributed by atoms with van der Waals surface area (Å²) in [5.41, 5.74) is 1.70. The van der Waals surface area contributed by atoms with Crippen LogP contribution in [0.5, 0.6) is 17.2 Å². The van der Waals surface area contributed by atoms with Crippen molar-refractivity contribution in [3.8, 4) is 17.2 Å². The summed E-state index contributed by atoms with van der Waals surface area (Å²) in [6, 6.07) is 10.9. The van der Waals surface area contributed by atoms with Crippen LogP contribution in [0.2, 0.25) is 5.02 Å². The van der Waals surface area contributed by atoms with Gasteiger partial charge >= 0.3 is 0 Å². The fourth-order valence-electron chi connectivity index (χ4n) is 3.51. The predicted molar refractivity (Wildman–Crippen MR) is 108 cm³/mol. The summed E-state index contributed by atoms with van der Waals surface area (Å²) in [5, 5.41) is 0.579. The van der Waals surface area contributed by atoms with Gasteiger partial charge in [-0.05, 0) is 24.3 Å². The maximum absolute atomic E-state index is 12.7. The number of rotatable bonds is 6. The lowest BCUT2D eigenvalue weighted by Crippen LogP contribution is -3.13. The van der Waals surface area contributed by atoms with Gasteiger partial charge < -0.3 is 24.0 Å². The van der Waals surface area contributed by atoms with Crippen LogP contribution in [0.4, 0.5) is 0 Å². The van der Waals surface area contributed by atoms with Crippen LogP contribution in [0.1, 0.15) is 15.9 Å². The van der Waals surface area contributed by atoms with Crippen molar-refractivity contribution in [1.29, 1.82) is 0 Å². The quantitative estimate of drug-likeness (QED) is 0.797. The highest BCUT2D eigenvalue weighted by molar-refractivity contribution is 6.30. The number of nitrogens with zero attached hydrogens (tertiary/aromatic N) is 1. The Labute approximate surface area is 170 Å². The van der Waals surface area contributed by atoms with Crippen molar-refractivity contribution >= 4 is 17.5 Å². The van der Waals surface area contributed by atoms with Crippen LogP contribution >= 0.6 is 11.6 Å². The van der Waals surface area contributed by atoms with Gasteiger partial charge in [0, 0.05) is 16.7 Å². The smallest absolute Gasteiger partial charge is 0.254 e. The van der Waals surface area contributed by atoms with Crippen LogP contribution in [0.15, 0.2) is 36.4 Å². The molecule has 1 heterocycles. The number of hydrogen-bond donors (Lipinski definition) is 1. The molecule has 0 spiro atoms. The first-order chi connectivity index (χ1) is 13.5. The number of ether oxygens (including phenoxy) is 3. The van der Waals surface area contributed by atoms with Crippen molar-refractivity contribution in [2.75, 3.05) is 47.5 Å². The highest BCUT2D eigenvalue weighted by atomic mass is 35.5. The van der Waals surface area contributed by atoms with Crippen LogP contribution in [-0.2, 0) is 6.54 Å². The number of halogens is 1. The highest BCUT2D eigenvalue weighted by Gasteiger charge is 2.26. The lowest BCUT2D eigenvalue weighted by Gasteiger charge is -2.32. The molecule has 1 saturated heterocycles. The van der Waals surface area contributed by atoms with Gasteiger partial charge in [-0.25, -0.2) is 0 Å². The molecule has 6 nitrogen and oxygen atoms in total. The number of nitrogens with one attached hydrogen (secondary N) is 1. The van der Waals surface area contributed by atoms with Gasteiger partial charge in [-0.3, -0.25) is 4.79 Å². The molecule has 2 aromatic carbocycles. The number of quaternary nitrogens is 1. The zero-order valence-electron chi connectivity index (χ0n) is 16.5. The van der Waals surface area contributed by atoms with Gasteiger partial charge in [-0.2, -0.15) is 0 Å². The van der Waals surface area contributed by atoms with Crippen LogP contribution in [0.3, 0.4) is 0 Å². The lowest BCUT2D eigenvalue weighted by molar-refractivity contribution is -0.917. The molecule has 0 aromatic heterocycles. The van der Waals surface area contributed by atoms with Crippen molar-refractivity contribution in [2.24, 2.45) is 0 Å². The number of hydrogen-bond acceptors (Lipinski definition) is 4. The zero-order valence-corrected chi connectivity index (χ0v) is 17.2. The number of carbonyl (C=O) groups excluding carboxylic acids is 1. The molecule has 1 amide bonds. The van der Waals surface area contributed by atoms with E-state index in [1.54, 1.807) is 39.5 Å². The fraction of sp³-hybridized carbons (Fsp3) is 0.381. The summed E-state index contributed by atoms with van der Waals surface area (Å²) in [6.45, 7) is 3.93. The first kappa shape index (κ1) is 20.3. The molecule has 1 aliphatic rings. The van der Waals surface area contributed by atoms with Crippen molar-refractivity contribution in [2.45, 2.75) is 6.54 Å². The molecule has 1 aliphatic heterocycles. The Bertz CT molecular complexity index is 835. The Morgan fingerprint density at radius 2 is 1.64 bits per heavy atom. The van der Waals surface area contributed by atoms with E-state index < -0.39 is 0 Å². The summed E-state index contributed by atoms with van der Waals surface area (Å²) in [7, 11) is 4.89. The minimum Gasteiger partial charge on any atom is -0.496 e. The Morgan fingerprint density at radius 1 is 1.00 bits per heavy atom. The second-order valence-electron chi connectivity index (χ2n) is 6.75. The monoisotopic (exact) mass is 405 g/mol. The van der Waals surface area contributed by atoms with Crippen molar-refractivity contribution in [3.05, 3.63) is 52.5 Å². The molecule has 3 rings (SSSR count). The molecule has 28 heavy (non-hydrogen) atoms. The molecule has 150 valence electrons. The molecule has 0 atom stereocenters. The lowest BCUT2D eigenvalue weighted by atomic mass is 10.1. The van der Waals surface area contributed by atoms with Crippen LogP contribution in [0.25, 0.3) is 0 Å². The Morgan fingerprint density at radius 3 is 2.25 bits per heavy atom. The third-order valence-electron chi connectivity index (χ3n) is 5.06. The topological polar surface area (TPSA) is 52.4 Å². The number of amides is 1. The first-order valence-electron chi connectivity index (χ1n) is 9.23. The van der Waals surface area contributed by atoms with Gasteiger partial charge in [0.1, 0.15) is 12.3 Å². The normalized spacial score (nSPS) is 14.6. The first-order valence-corrected chi connectivity index (χ1v) is 9.60. The summed E-state index contributed by atoms with van der Waals surface area (Å²) in [5.74, 6) is 2.15. The second kappa shape index (κ2) is 9.17. The van der Waals surface area contributed by atoms with E-state index in [2.05, 4.69) is 0 Å². The van der Waals surface area contributed by atoms with E-state index >= 15 is 0 Å². The third kappa shape index (κ3) is 4.51. The Hall–Kier alpha value is -2.44. The van der Waals surface area contributed by atoms with Crippen LogP contribution < -0.4 is 19.1 Å². The van der Waals surface area contributed by atoms with E-state index in [9.17, 15) is 4.79 Å². The summed E-state index contributed by atoms with van der Waals surface area (Å²) in [6.07, 6.45) is 0. The third-order valence-corrected chi connectivity index (χ3v) is 5.29. The van der Waals surface area contributed by atoms with Gasteiger partial charge in [-0.15, -0.1) is 0 Å². The fourth-order valence-corrected chi connectivity index (χ4v) is 3.70. The molecule has 2 aromatic rings. The van der Waals surface area contributed by atoms with E-state index in [-0.39, 0.29) is 5.91 Å². The molecule has 0 saturated carbocycles. The average Bonchev–Trinajstić information content (AvgIpc) is 2.73. The van der Waals surface area contributed by atoms with E-state index in [1.807, 2.05) is 23.1 Å². The zero-order chi connectivity index (χ0) is 20.1. The second-order valence-corrected chi connectivity index (χ2v) is 7.18. The van der Waals surface area contributed by atoms with E-state index in [0.717, 1.165) is 30.9 Å². The molecule has 0 aliphatic carbocycles. The van der Waals surface area contributed by atoms with Crippen molar-refractivity contribution in [1.82, 2.24) is 4.90 Å². The van der Waals surface area contributed by atoms with Crippen LogP contribution in [-0.4, -0.2) is 58.3 Å². The number of methoxy groups -OCH3 is 3. The van der Waals surface area contributed by atoms with Gasteiger partial charge in [0.15, 0.2) is 11.5 Å².